The fourth-order valence-corrected chi connectivity index (χ4v) is 5.11. The van der Waals surface area contributed by atoms with Crippen LogP contribution in [-0.4, -0.2) is 43.8 Å². The maximum absolute atomic E-state index is 14.9. The average molecular weight is 544 g/mol. The van der Waals surface area contributed by atoms with E-state index < -0.39 is 46.2 Å². The zero-order valence-corrected chi connectivity index (χ0v) is 22.2. The van der Waals surface area contributed by atoms with Crippen LogP contribution in [0.2, 0.25) is 0 Å². The number of Topliss-reactive ketones (excluding diaryl/α,β-unsaturated/α-hetero) is 1. The number of nitrogen functional groups attached to an aromatic ring is 1. The normalized spacial score (nSPS) is 23.2. The summed E-state index contributed by atoms with van der Waals surface area (Å²) >= 11 is 0. The highest BCUT2D eigenvalue weighted by Crippen LogP contribution is 2.42. The Balaban J connectivity index is 1.67. The molecule has 4 rings (SSSR count). The van der Waals surface area contributed by atoms with E-state index in [-0.39, 0.29) is 41.5 Å². The van der Waals surface area contributed by atoms with E-state index in [0.29, 0.717) is 18.4 Å². The molecule has 0 radical (unpaired) electrons. The molecule has 3 aromatic rings. The number of hydrogen-bond acceptors (Lipinski definition) is 7. The topological polar surface area (TPSA) is 119 Å². The number of rotatable bonds is 7. The molecule has 0 spiro atoms. The smallest absolute Gasteiger partial charge is 0.187 e. The SMILES string of the molecule is CC(C)Oc1cc(F)c(-c2nc(C(=O)Cc3cnccc3[C@H]3C[C@@H](O)[C@](C)(O)[C@@H](C)C3)c(N)cc2F)c(F)c1. The predicted molar refractivity (Wildman–Crippen MR) is 140 cm³/mol. The van der Waals surface area contributed by atoms with Gasteiger partial charge in [0.25, 0.3) is 0 Å². The van der Waals surface area contributed by atoms with Crippen LogP contribution in [0.5, 0.6) is 5.75 Å². The molecule has 208 valence electrons. The lowest BCUT2D eigenvalue weighted by atomic mass is 9.68. The number of hydrogen-bond donors (Lipinski definition) is 3. The van der Waals surface area contributed by atoms with Crippen LogP contribution in [0, 0.1) is 23.4 Å². The van der Waals surface area contributed by atoms with Gasteiger partial charge in [-0.15, -0.1) is 0 Å². The minimum atomic E-state index is -1.23. The van der Waals surface area contributed by atoms with Gasteiger partial charge in [0.1, 0.15) is 28.8 Å². The molecule has 1 aliphatic carbocycles. The lowest BCUT2D eigenvalue weighted by molar-refractivity contribution is -0.123. The number of aromatic nitrogens is 2. The highest BCUT2D eigenvalue weighted by atomic mass is 19.1. The van der Waals surface area contributed by atoms with Gasteiger partial charge in [-0.25, -0.2) is 18.2 Å². The van der Waals surface area contributed by atoms with E-state index in [1.165, 1.54) is 6.20 Å². The van der Waals surface area contributed by atoms with Crippen LogP contribution in [0.25, 0.3) is 11.3 Å². The van der Waals surface area contributed by atoms with E-state index >= 15 is 0 Å². The molecule has 2 aromatic heterocycles. The summed E-state index contributed by atoms with van der Waals surface area (Å²) in [4.78, 5) is 21.4. The van der Waals surface area contributed by atoms with Gasteiger partial charge in [0.2, 0.25) is 0 Å². The number of aliphatic hydroxyl groups is 2. The summed E-state index contributed by atoms with van der Waals surface area (Å²) in [6.45, 7) is 6.84. The van der Waals surface area contributed by atoms with E-state index in [1.807, 2.05) is 6.92 Å². The number of aliphatic hydroxyl groups excluding tert-OH is 1. The van der Waals surface area contributed by atoms with Crippen LogP contribution in [0.4, 0.5) is 18.9 Å². The molecule has 1 aromatic carbocycles. The van der Waals surface area contributed by atoms with Crippen molar-refractivity contribution in [2.45, 2.75) is 70.7 Å². The lowest BCUT2D eigenvalue weighted by Gasteiger charge is -2.43. The zero-order valence-electron chi connectivity index (χ0n) is 22.2. The van der Waals surface area contributed by atoms with Crippen LogP contribution < -0.4 is 10.5 Å². The van der Waals surface area contributed by atoms with Crippen molar-refractivity contribution in [2.24, 2.45) is 5.92 Å². The monoisotopic (exact) mass is 543 g/mol. The number of ketones is 1. The summed E-state index contributed by atoms with van der Waals surface area (Å²) in [5.41, 5.74) is 3.99. The van der Waals surface area contributed by atoms with Gasteiger partial charge in [-0.3, -0.25) is 9.78 Å². The Bertz CT molecular complexity index is 1360. The first-order valence-corrected chi connectivity index (χ1v) is 12.8. The van der Waals surface area contributed by atoms with Crippen molar-refractivity contribution in [1.29, 1.82) is 0 Å². The Labute approximate surface area is 224 Å². The molecule has 1 aliphatic rings. The van der Waals surface area contributed by atoms with Crippen LogP contribution in [0.3, 0.4) is 0 Å². The molecule has 0 aliphatic heterocycles. The van der Waals surface area contributed by atoms with Crippen LogP contribution in [0.1, 0.15) is 68.1 Å². The second-order valence-electron chi connectivity index (χ2n) is 10.7. The molecule has 0 amide bonds. The fraction of sp³-hybridized carbons (Fsp3) is 0.414. The molecular weight excluding hydrogens is 511 g/mol. The molecule has 0 unspecified atom stereocenters. The van der Waals surface area contributed by atoms with E-state index in [2.05, 4.69) is 9.97 Å². The van der Waals surface area contributed by atoms with Crippen LogP contribution >= 0.6 is 0 Å². The van der Waals surface area contributed by atoms with Gasteiger partial charge < -0.3 is 20.7 Å². The van der Waals surface area contributed by atoms with Crippen molar-refractivity contribution in [3.05, 3.63) is 70.9 Å². The van der Waals surface area contributed by atoms with Crippen LogP contribution in [-0.2, 0) is 6.42 Å². The maximum Gasteiger partial charge on any atom is 0.187 e. The minimum absolute atomic E-state index is 0.0660. The molecule has 0 bridgehead atoms. The van der Waals surface area contributed by atoms with Gasteiger partial charge in [0.05, 0.1) is 29.1 Å². The number of pyridine rings is 2. The minimum Gasteiger partial charge on any atom is -0.491 e. The van der Waals surface area contributed by atoms with E-state index in [9.17, 15) is 28.2 Å². The number of halogens is 3. The van der Waals surface area contributed by atoms with Gasteiger partial charge >= 0.3 is 0 Å². The number of carbonyl (C=O) groups is 1. The summed E-state index contributed by atoms with van der Waals surface area (Å²) in [5, 5.41) is 21.1. The first kappa shape index (κ1) is 28.5. The predicted octanol–water partition coefficient (Wildman–Crippen LogP) is 4.98. The third-order valence-electron chi connectivity index (χ3n) is 7.44. The van der Waals surface area contributed by atoms with Crippen molar-refractivity contribution in [3.8, 4) is 17.0 Å². The number of nitrogens with zero attached hydrogens (tertiary/aromatic N) is 2. The molecule has 4 N–H and O–H groups in total. The average Bonchev–Trinajstić information content (AvgIpc) is 2.83. The summed E-state index contributed by atoms with van der Waals surface area (Å²) in [7, 11) is 0. The molecule has 2 heterocycles. The standard InChI is InChI=1S/C29H32F3N3O4/c1-14(2)39-18-10-20(30)26(21(31)11-18)27-22(32)12-23(33)28(35-27)24(36)8-17-13-34-6-5-19(17)16-7-15(3)29(4,38)25(37)9-16/h5-6,10-16,25,37-38H,7-9,33H2,1-4H3/t15-,16+,25+,29+/m0/s1. The summed E-state index contributed by atoms with van der Waals surface area (Å²) in [5.74, 6) is -4.31. The Hall–Kier alpha value is -3.50. The molecular formula is C29H32F3N3O4. The largest absolute Gasteiger partial charge is 0.491 e. The number of benzene rings is 1. The van der Waals surface area contributed by atoms with Crippen molar-refractivity contribution in [1.82, 2.24) is 9.97 Å². The maximum atomic E-state index is 14.9. The Morgan fingerprint density at radius 1 is 1.18 bits per heavy atom. The lowest BCUT2D eigenvalue weighted by Crippen LogP contribution is -2.49. The third kappa shape index (κ3) is 5.77. The Morgan fingerprint density at radius 2 is 1.85 bits per heavy atom. The molecule has 10 heteroatoms. The third-order valence-corrected chi connectivity index (χ3v) is 7.44. The summed E-state index contributed by atoms with van der Waals surface area (Å²) in [6, 6.07) is 4.43. The van der Waals surface area contributed by atoms with Crippen molar-refractivity contribution >= 4 is 11.5 Å². The molecule has 4 atom stereocenters. The number of anilines is 1. The quantitative estimate of drug-likeness (QED) is 0.360. The summed E-state index contributed by atoms with van der Waals surface area (Å²) in [6.07, 6.45) is 2.45. The zero-order chi connectivity index (χ0) is 28.6. The van der Waals surface area contributed by atoms with Crippen molar-refractivity contribution < 1.29 is 32.9 Å². The molecule has 1 fully saturated rings. The fourth-order valence-electron chi connectivity index (χ4n) is 5.11. The molecule has 0 saturated heterocycles. The highest BCUT2D eigenvalue weighted by Gasteiger charge is 2.43. The van der Waals surface area contributed by atoms with Crippen LogP contribution in [0.15, 0.2) is 36.7 Å². The van der Waals surface area contributed by atoms with Gasteiger partial charge in [0, 0.05) is 37.0 Å². The van der Waals surface area contributed by atoms with E-state index in [1.54, 1.807) is 33.0 Å². The number of ether oxygens (including phenoxy) is 1. The second-order valence-corrected chi connectivity index (χ2v) is 10.7. The number of nitrogens with two attached hydrogens (primary N) is 1. The molecule has 7 nitrogen and oxygen atoms in total. The van der Waals surface area contributed by atoms with E-state index in [4.69, 9.17) is 10.5 Å². The molecule has 1 saturated carbocycles. The van der Waals surface area contributed by atoms with Gasteiger partial charge in [0.15, 0.2) is 11.6 Å². The van der Waals surface area contributed by atoms with Gasteiger partial charge in [-0.1, -0.05) is 6.92 Å². The molecule has 39 heavy (non-hydrogen) atoms. The Morgan fingerprint density at radius 3 is 2.46 bits per heavy atom. The Kier molecular flexibility index (Phi) is 7.99. The number of carbonyl (C=O) groups excluding carboxylic acids is 1. The first-order valence-electron chi connectivity index (χ1n) is 12.8. The summed E-state index contributed by atoms with van der Waals surface area (Å²) < 4.78 is 50.0. The van der Waals surface area contributed by atoms with E-state index in [0.717, 1.165) is 23.8 Å². The second kappa shape index (κ2) is 10.9. The van der Waals surface area contributed by atoms with Crippen molar-refractivity contribution in [2.75, 3.05) is 5.73 Å². The van der Waals surface area contributed by atoms with Gasteiger partial charge in [-0.2, -0.15) is 0 Å². The van der Waals surface area contributed by atoms with Gasteiger partial charge in [-0.05, 0) is 62.6 Å². The van der Waals surface area contributed by atoms with Crippen molar-refractivity contribution in [3.63, 3.8) is 0 Å². The first-order chi connectivity index (χ1) is 18.3. The highest BCUT2D eigenvalue weighted by molar-refractivity contribution is 6.00.